The number of carbonyl (C=O) groups is 2. The van der Waals surface area contributed by atoms with Crippen molar-refractivity contribution in [1.82, 2.24) is 5.32 Å². The van der Waals surface area contributed by atoms with Gasteiger partial charge in [-0.25, -0.2) is 4.79 Å². The minimum Gasteiger partial charge on any atom is -0.480 e. The fourth-order valence-corrected chi connectivity index (χ4v) is 0.862. The van der Waals surface area contributed by atoms with E-state index in [0.717, 1.165) is 0 Å². The Balaban J connectivity index is 4.27. The van der Waals surface area contributed by atoms with E-state index in [4.69, 9.17) is 5.11 Å². The van der Waals surface area contributed by atoms with E-state index in [1.807, 2.05) is 0 Å². The molecular formula is C8H15NO3S. The fraction of sp³-hybridized carbons (Fsp3) is 0.750. The molecule has 0 spiro atoms. The summed E-state index contributed by atoms with van der Waals surface area (Å²) >= 11 is 3.90. The van der Waals surface area contributed by atoms with E-state index in [2.05, 4.69) is 17.9 Å². The van der Waals surface area contributed by atoms with Crippen LogP contribution in [0, 0.1) is 5.92 Å². The molecule has 4 nitrogen and oxygen atoms in total. The number of carbonyl (C=O) groups excluding carboxylic acids is 1. The number of hydrogen-bond donors (Lipinski definition) is 3. The van der Waals surface area contributed by atoms with Crippen molar-refractivity contribution in [3.8, 4) is 0 Å². The predicted molar refractivity (Wildman–Crippen MR) is 52.9 cm³/mol. The van der Waals surface area contributed by atoms with Gasteiger partial charge in [0.2, 0.25) is 5.91 Å². The summed E-state index contributed by atoms with van der Waals surface area (Å²) in [6.45, 7) is 5.07. The van der Waals surface area contributed by atoms with Gasteiger partial charge in [0.1, 0.15) is 6.04 Å². The molecular weight excluding hydrogens is 190 g/mol. The van der Waals surface area contributed by atoms with Crippen LogP contribution in [0.1, 0.15) is 20.8 Å². The number of carboxylic acid groups (broad SMARTS) is 1. The first kappa shape index (κ1) is 12.3. The number of nitrogens with one attached hydrogen (secondary N) is 1. The molecule has 0 rings (SSSR count). The molecule has 0 saturated carbocycles. The zero-order chi connectivity index (χ0) is 10.6. The van der Waals surface area contributed by atoms with Crippen LogP contribution >= 0.6 is 12.6 Å². The van der Waals surface area contributed by atoms with Gasteiger partial charge in [-0.3, -0.25) is 4.79 Å². The molecule has 0 saturated heterocycles. The Morgan fingerprint density at radius 1 is 1.31 bits per heavy atom. The average molecular weight is 205 g/mol. The largest absolute Gasteiger partial charge is 0.480 e. The number of amides is 1. The molecule has 76 valence electrons. The summed E-state index contributed by atoms with van der Waals surface area (Å²) in [4.78, 5) is 21.8. The van der Waals surface area contributed by atoms with E-state index in [0.29, 0.717) is 0 Å². The molecule has 0 aromatic rings. The Morgan fingerprint density at radius 2 is 1.77 bits per heavy atom. The molecule has 0 radical (unpaired) electrons. The van der Waals surface area contributed by atoms with Gasteiger partial charge in [-0.15, -0.1) is 0 Å². The van der Waals surface area contributed by atoms with Crippen molar-refractivity contribution >= 4 is 24.5 Å². The summed E-state index contributed by atoms with van der Waals surface area (Å²) in [5.41, 5.74) is 0. The standard InChI is InChI=1S/C8H15NO3S/c1-4(2)6(8(11)12)9-7(10)5(3)13/h4-6,13H,1-3H3,(H,9,10)(H,11,12)/t5-,6+/m1/s1. The van der Waals surface area contributed by atoms with E-state index in [1.54, 1.807) is 20.8 Å². The van der Waals surface area contributed by atoms with Crippen LogP contribution in [0.5, 0.6) is 0 Å². The molecule has 1 amide bonds. The van der Waals surface area contributed by atoms with Crippen molar-refractivity contribution in [3.05, 3.63) is 0 Å². The fourth-order valence-electron chi connectivity index (χ4n) is 0.787. The monoisotopic (exact) mass is 205 g/mol. The normalized spacial score (nSPS) is 15.2. The van der Waals surface area contributed by atoms with Gasteiger partial charge in [-0.1, -0.05) is 13.8 Å². The second-order valence-corrected chi connectivity index (χ2v) is 4.02. The highest BCUT2D eigenvalue weighted by Gasteiger charge is 2.24. The predicted octanol–water partition coefficient (Wildman–Crippen LogP) is 0.530. The third-order valence-corrected chi connectivity index (χ3v) is 1.84. The lowest BCUT2D eigenvalue weighted by Gasteiger charge is -2.18. The number of rotatable bonds is 4. The lowest BCUT2D eigenvalue weighted by Crippen LogP contribution is -2.46. The number of aliphatic carboxylic acids is 1. The minimum absolute atomic E-state index is 0.131. The quantitative estimate of drug-likeness (QED) is 0.586. The van der Waals surface area contributed by atoms with Crippen molar-refractivity contribution < 1.29 is 14.7 Å². The highest BCUT2D eigenvalue weighted by atomic mass is 32.1. The maximum absolute atomic E-state index is 11.1. The van der Waals surface area contributed by atoms with Crippen molar-refractivity contribution in [2.75, 3.05) is 0 Å². The topological polar surface area (TPSA) is 66.4 Å². The third-order valence-electron chi connectivity index (χ3n) is 1.61. The summed E-state index contributed by atoms with van der Waals surface area (Å²) in [6, 6.07) is -0.831. The van der Waals surface area contributed by atoms with Crippen LogP contribution in [0.2, 0.25) is 0 Å². The second-order valence-electron chi connectivity index (χ2n) is 3.24. The molecule has 2 atom stereocenters. The molecule has 0 aromatic heterocycles. The highest BCUT2D eigenvalue weighted by molar-refractivity contribution is 7.81. The van der Waals surface area contributed by atoms with Gasteiger partial charge in [0, 0.05) is 0 Å². The van der Waals surface area contributed by atoms with Crippen LogP contribution in [-0.4, -0.2) is 28.3 Å². The van der Waals surface area contributed by atoms with Gasteiger partial charge in [0.05, 0.1) is 5.25 Å². The van der Waals surface area contributed by atoms with Crippen molar-refractivity contribution in [2.24, 2.45) is 5.92 Å². The highest BCUT2D eigenvalue weighted by Crippen LogP contribution is 2.03. The van der Waals surface area contributed by atoms with E-state index in [-0.39, 0.29) is 11.8 Å². The summed E-state index contributed by atoms with van der Waals surface area (Å²) in [7, 11) is 0. The molecule has 0 aliphatic heterocycles. The number of thiol groups is 1. The summed E-state index contributed by atoms with van der Waals surface area (Å²) in [5.74, 6) is -1.50. The summed E-state index contributed by atoms with van der Waals surface area (Å²) < 4.78 is 0. The van der Waals surface area contributed by atoms with Crippen LogP contribution in [-0.2, 0) is 9.59 Å². The lowest BCUT2D eigenvalue weighted by molar-refractivity contribution is -0.142. The summed E-state index contributed by atoms with van der Waals surface area (Å²) in [6.07, 6.45) is 0. The first-order valence-electron chi connectivity index (χ1n) is 4.07. The smallest absolute Gasteiger partial charge is 0.326 e. The molecule has 0 aliphatic rings. The van der Waals surface area contributed by atoms with Gasteiger partial charge in [0.15, 0.2) is 0 Å². The Hall–Kier alpha value is -0.710. The van der Waals surface area contributed by atoms with Crippen molar-refractivity contribution in [3.63, 3.8) is 0 Å². The van der Waals surface area contributed by atoms with Crippen LogP contribution in [0.3, 0.4) is 0 Å². The van der Waals surface area contributed by atoms with Crippen LogP contribution in [0.25, 0.3) is 0 Å². The SMILES string of the molecule is CC(C)[C@H](NC(=O)[C@@H](C)S)C(=O)O. The van der Waals surface area contributed by atoms with E-state index in [9.17, 15) is 9.59 Å². The van der Waals surface area contributed by atoms with Crippen molar-refractivity contribution in [1.29, 1.82) is 0 Å². The molecule has 5 heteroatoms. The average Bonchev–Trinajstić information content (AvgIpc) is 1.97. The molecule has 2 N–H and O–H groups in total. The van der Waals surface area contributed by atoms with Gasteiger partial charge in [0.25, 0.3) is 0 Å². The lowest BCUT2D eigenvalue weighted by atomic mass is 10.0. The van der Waals surface area contributed by atoms with E-state index in [1.165, 1.54) is 0 Å². The number of carboxylic acids is 1. The van der Waals surface area contributed by atoms with E-state index < -0.39 is 17.3 Å². The summed E-state index contributed by atoms with van der Waals surface area (Å²) in [5, 5.41) is 10.6. The third kappa shape index (κ3) is 4.17. The molecule has 13 heavy (non-hydrogen) atoms. The van der Waals surface area contributed by atoms with E-state index >= 15 is 0 Å². The zero-order valence-electron chi connectivity index (χ0n) is 7.94. The van der Waals surface area contributed by atoms with Crippen molar-refractivity contribution in [2.45, 2.75) is 32.1 Å². The molecule has 0 fully saturated rings. The Bertz CT molecular complexity index is 204. The Kier molecular flexibility index (Phi) is 4.83. The van der Waals surface area contributed by atoms with Gasteiger partial charge >= 0.3 is 5.97 Å². The first-order valence-corrected chi connectivity index (χ1v) is 4.59. The van der Waals surface area contributed by atoms with Crippen LogP contribution in [0.4, 0.5) is 0 Å². The molecule has 0 unspecified atom stereocenters. The van der Waals surface area contributed by atoms with Gasteiger partial charge < -0.3 is 10.4 Å². The Morgan fingerprint density at radius 3 is 2.00 bits per heavy atom. The van der Waals surface area contributed by atoms with Gasteiger partial charge in [-0.05, 0) is 12.8 Å². The first-order chi connectivity index (χ1) is 5.86. The Labute approximate surface area is 83.1 Å². The maximum Gasteiger partial charge on any atom is 0.326 e. The maximum atomic E-state index is 11.1. The van der Waals surface area contributed by atoms with Gasteiger partial charge in [-0.2, -0.15) is 12.6 Å². The molecule has 0 bridgehead atoms. The zero-order valence-corrected chi connectivity index (χ0v) is 8.84. The van der Waals surface area contributed by atoms with Crippen LogP contribution < -0.4 is 5.32 Å². The van der Waals surface area contributed by atoms with Crippen LogP contribution in [0.15, 0.2) is 0 Å². The minimum atomic E-state index is -1.02. The molecule has 0 aromatic carbocycles. The second kappa shape index (κ2) is 5.11. The molecule has 0 aliphatic carbocycles. The molecule has 0 heterocycles. The number of hydrogen-bond acceptors (Lipinski definition) is 3.